The number of aromatic amines is 1. The molecule has 1 amide bonds. The summed E-state index contributed by atoms with van der Waals surface area (Å²) in [7, 11) is 1.60. The Morgan fingerprint density at radius 1 is 1.09 bits per heavy atom. The van der Waals surface area contributed by atoms with Gasteiger partial charge >= 0.3 is 5.97 Å². The van der Waals surface area contributed by atoms with Crippen molar-refractivity contribution in [2.24, 2.45) is 0 Å². The third-order valence-electron chi connectivity index (χ3n) is 5.13. The van der Waals surface area contributed by atoms with Crippen LogP contribution < -0.4 is 10.1 Å². The van der Waals surface area contributed by atoms with Gasteiger partial charge in [-0.3, -0.25) is 4.79 Å². The van der Waals surface area contributed by atoms with Crippen molar-refractivity contribution in [1.29, 1.82) is 0 Å². The number of hydrogen-bond acceptors (Lipinski definition) is 5. The molecule has 1 unspecified atom stereocenters. The maximum absolute atomic E-state index is 13.8. The predicted molar refractivity (Wildman–Crippen MR) is 123 cm³/mol. The van der Waals surface area contributed by atoms with Gasteiger partial charge in [0.05, 0.1) is 29.4 Å². The van der Waals surface area contributed by atoms with Gasteiger partial charge in [0, 0.05) is 5.56 Å². The van der Waals surface area contributed by atoms with Crippen molar-refractivity contribution in [2.45, 2.75) is 19.4 Å². The van der Waals surface area contributed by atoms with Gasteiger partial charge in [-0.25, -0.2) is 14.2 Å². The molecule has 0 aliphatic carbocycles. The van der Waals surface area contributed by atoms with Gasteiger partial charge in [0.1, 0.15) is 17.4 Å². The summed E-state index contributed by atoms with van der Waals surface area (Å²) in [6.45, 7) is 1.71. The number of amides is 1. The van der Waals surface area contributed by atoms with E-state index in [2.05, 4.69) is 15.3 Å². The van der Waals surface area contributed by atoms with Crippen LogP contribution in [0.4, 0.5) is 10.1 Å². The highest BCUT2D eigenvalue weighted by atomic mass is 19.1. The molecule has 0 saturated carbocycles. The zero-order valence-electron chi connectivity index (χ0n) is 18.1. The molecule has 4 aromatic rings. The molecule has 3 aromatic carbocycles. The Morgan fingerprint density at radius 3 is 2.55 bits per heavy atom. The van der Waals surface area contributed by atoms with Crippen LogP contribution in [0, 0.1) is 5.82 Å². The largest absolute Gasteiger partial charge is 0.497 e. The number of hydrogen-bond donors (Lipinski definition) is 2. The van der Waals surface area contributed by atoms with E-state index in [1.807, 2.05) is 24.3 Å². The van der Waals surface area contributed by atoms with E-state index < -0.39 is 23.8 Å². The quantitative estimate of drug-likeness (QED) is 0.391. The van der Waals surface area contributed by atoms with Crippen LogP contribution in [0.2, 0.25) is 0 Å². The Labute approximate surface area is 189 Å². The van der Waals surface area contributed by atoms with E-state index in [0.717, 1.165) is 11.3 Å². The summed E-state index contributed by atoms with van der Waals surface area (Å²) in [4.78, 5) is 32.9. The molecule has 0 spiro atoms. The minimum atomic E-state index is -1.07. The lowest BCUT2D eigenvalue weighted by Crippen LogP contribution is -2.32. The molecule has 0 aliphatic heterocycles. The van der Waals surface area contributed by atoms with E-state index in [4.69, 9.17) is 9.47 Å². The topological polar surface area (TPSA) is 93.3 Å². The molecule has 8 heteroatoms. The molecule has 0 fully saturated rings. The maximum atomic E-state index is 13.8. The average Bonchev–Trinajstić information content (AvgIpc) is 3.27. The van der Waals surface area contributed by atoms with Crippen LogP contribution in [0.3, 0.4) is 0 Å². The molecular formula is C25H22FN3O4. The van der Waals surface area contributed by atoms with Crippen molar-refractivity contribution in [1.82, 2.24) is 9.97 Å². The van der Waals surface area contributed by atoms with Gasteiger partial charge in [0.15, 0.2) is 6.10 Å². The number of nitrogens with one attached hydrogen (secondary N) is 2. The normalized spacial score (nSPS) is 11.7. The predicted octanol–water partition coefficient (Wildman–Crippen LogP) is 4.95. The van der Waals surface area contributed by atoms with Crippen molar-refractivity contribution < 1.29 is 23.5 Å². The van der Waals surface area contributed by atoms with Crippen LogP contribution in [-0.4, -0.2) is 35.1 Å². The molecule has 1 aromatic heterocycles. The fourth-order valence-electron chi connectivity index (χ4n) is 3.32. The molecular weight excluding hydrogens is 425 g/mol. The minimum Gasteiger partial charge on any atom is -0.497 e. The zero-order valence-corrected chi connectivity index (χ0v) is 18.1. The second-order valence-electron chi connectivity index (χ2n) is 7.32. The second kappa shape index (κ2) is 9.52. The van der Waals surface area contributed by atoms with Crippen molar-refractivity contribution in [3.8, 4) is 17.1 Å². The summed E-state index contributed by atoms with van der Waals surface area (Å²) in [6, 6.07) is 18.2. The number of anilines is 1. The van der Waals surface area contributed by atoms with Crippen LogP contribution in [0.5, 0.6) is 5.75 Å². The number of benzene rings is 3. The van der Waals surface area contributed by atoms with Gasteiger partial charge in [0.2, 0.25) is 0 Å². The Balaban J connectivity index is 1.49. The van der Waals surface area contributed by atoms with E-state index in [9.17, 15) is 14.0 Å². The average molecular weight is 447 g/mol. The van der Waals surface area contributed by atoms with E-state index >= 15 is 0 Å². The fourth-order valence-corrected chi connectivity index (χ4v) is 3.32. The van der Waals surface area contributed by atoms with Crippen LogP contribution in [0.1, 0.15) is 23.7 Å². The first-order valence-electron chi connectivity index (χ1n) is 10.4. The molecule has 33 heavy (non-hydrogen) atoms. The number of fused-ring (bicyclic) bond motifs is 1. The zero-order chi connectivity index (χ0) is 23.4. The van der Waals surface area contributed by atoms with Crippen LogP contribution in [-0.2, 0) is 9.53 Å². The number of methoxy groups -OCH3 is 1. The number of rotatable bonds is 7. The Bertz CT molecular complexity index is 1300. The summed E-state index contributed by atoms with van der Waals surface area (Å²) in [5.41, 5.74) is 2.50. The molecule has 0 aliphatic rings. The van der Waals surface area contributed by atoms with Crippen molar-refractivity contribution in [3.63, 3.8) is 0 Å². The van der Waals surface area contributed by atoms with Crippen molar-refractivity contribution in [3.05, 3.63) is 78.1 Å². The number of H-pyrrole nitrogens is 1. The van der Waals surface area contributed by atoms with Crippen molar-refractivity contribution in [2.75, 3.05) is 12.4 Å². The smallest absolute Gasteiger partial charge is 0.338 e. The minimum absolute atomic E-state index is 0.0296. The molecule has 2 N–H and O–H groups in total. The molecule has 1 heterocycles. The molecule has 1 atom stereocenters. The molecule has 0 bridgehead atoms. The lowest BCUT2D eigenvalue weighted by molar-refractivity contribution is -0.124. The Morgan fingerprint density at radius 2 is 1.85 bits per heavy atom. The molecule has 168 valence electrons. The summed E-state index contributed by atoms with van der Waals surface area (Å²) in [5.74, 6) is -0.434. The first-order chi connectivity index (χ1) is 16.0. The monoisotopic (exact) mass is 447 g/mol. The Hall–Kier alpha value is -4.20. The SMILES string of the molecule is CCC(OC(=O)c1ccc2nc(-c3ccc(OC)cc3)[nH]c2c1)C(=O)Nc1ccccc1F. The van der Waals surface area contributed by atoms with Gasteiger partial charge in [-0.1, -0.05) is 19.1 Å². The molecule has 4 rings (SSSR count). The van der Waals surface area contributed by atoms with Gasteiger partial charge in [-0.2, -0.15) is 0 Å². The number of esters is 1. The molecule has 0 saturated heterocycles. The van der Waals surface area contributed by atoms with E-state index in [1.54, 1.807) is 38.3 Å². The number of carbonyl (C=O) groups excluding carboxylic acids is 2. The fraction of sp³-hybridized carbons (Fsp3) is 0.160. The van der Waals surface area contributed by atoms with Gasteiger partial charge in [-0.15, -0.1) is 0 Å². The number of nitrogens with zero attached hydrogens (tertiary/aromatic N) is 1. The van der Waals surface area contributed by atoms with Crippen LogP contribution in [0.15, 0.2) is 66.7 Å². The van der Waals surface area contributed by atoms with Crippen LogP contribution >= 0.6 is 0 Å². The third-order valence-corrected chi connectivity index (χ3v) is 5.13. The maximum Gasteiger partial charge on any atom is 0.338 e. The van der Waals surface area contributed by atoms with Gasteiger partial charge in [0.25, 0.3) is 5.91 Å². The standard InChI is InChI=1S/C25H22FN3O4/c1-3-22(24(30)29-19-7-5-4-6-18(19)26)33-25(31)16-10-13-20-21(14-16)28-23(27-20)15-8-11-17(32-2)12-9-15/h4-14,22H,3H2,1-2H3,(H,27,28)(H,29,30). The van der Waals surface area contributed by atoms with E-state index in [1.165, 1.54) is 18.2 Å². The summed E-state index contributed by atoms with van der Waals surface area (Å²) >= 11 is 0. The highest BCUT2D eigenvalue weighted by molar-refractivity contribution is 5.99. The lowest BCUT2D eigenvalue weighted by Gasteiger charge is -2.16. The summed E-state index contributed by atoms with van der Waals surface area (Å²) in [5, 5.41) is 2.46. The molecule has 0 radical (unpaired) electrons. The van der Waals surface area contributed by atoms with Gasteiger partial charge in [-0.05, 0) is 61.0 Å². The van der Waals surface area contributed by atoms with E-state index in [-0.39, 0.29) is 17.7 Å². The number of imidazole rings is 1. The number of carbonyl (C=O) groups is 2. The highest BCUT2D eigenvalue weighted by Gasteiger charge is 2.23. The van der Waals surface area contributed by atoms with Crippen LogP contribution in [0.25, 0.3) is 22.4 Å². The second-order valence-corrected chi connectivity index (χ2v) is 7.32. The summed E-state index contributed by atoms with van der Waals surface area (Å²) < 4.78 is 24.4. The number of para-hydroxylation sites is 1. The highest BCUT2D eigenvalue weighted by Crippen LogP contribution is 2.24. The summed E-state index contributed by atoms with van der Waals surface area (Å²) in [6.07, 6.45) is -0.829. The van der Waals surface area contributed by atoms with Gasteiger partial charge < -0.3 is 19.8 Å². The number of halogens is 1. The van der Waals surface area contributed by atoms with E-state index in [0.29, 0.717) is 16.9 Å². The number of ether oxygens (including phenoxy) is 2. The first-order valence-corrected chi connectivity index (χ1v) is 10.4. The van der Waals surface area contributed by atoms with Crippen molar-refractivity contribution >= 4 is 28.6 Å². The third kappa shape index (κ3) is 4.85. The Kier molecular flexibility index (Phi) is 6.35. The first kappa shape index (κ1) is 22.0. The lowest BCUT2D eigenvalue weighted by atomic mass is 10.2. The number of aromatic nitrogens is 2. The molecule has 7 nitrogen and oxygen atoms in total.